The summed E-state index contributed by atoms with van der Waals surface area (Å²) in [4.78, 5) is 12.8. The van der Waals surface area contributed by atoms with E-state index in [4.69, 9.17) is 24.1 Å². The Bertz CT molecular complexity index is 663. The number of aliphatic hydroxyl groups excluding tert-OH is 1. The number of rotatable bonds is 14. The van der Waals surface area contributed by atoms with Crippen LogP contribution in [0.5, 0.6) is 0 Å². The van der Waals surface area contributed by atoms with E-state index in [0.717, 1.165) is 12.0 Å². The molecular weight excluding hydrogens is 398 g/mol. The minimum Gasteiger partial charge on any atom is -0.459 e. The van der Waals surface area contributed by atoms with Gasteiger partial charge in [-0.2, -0.15) is 0 Å². The molecular formula is C24H37NO6. The molecule has 0 aromatic heterocycles. The lowest BCUT2D eigenvalue weighted by Crippen LogP contribution is -2.41. The molecule has 0 radical (unpaired) electrons. The predicted molar refractivity (Wildman–Crippen MR) is 118 cm³/mol. The number of allylic oxidation sites excluding steroid dienone is 1. The second kappa shape index (κ2) is 14.2. The van der Waals surface area contributed by atoms with E-state index < -0.39 is 6.29 Å². The minimum absolute atomic E-state index is 0.0130. The van der Waals surface area contributed by atoms with E-state index in [-0.39, 0.29) is 24.3 Å². The number of hydrogen-bond acceptors (Lipinski definition) is 6. The molecule has 1 aromatic carbocycles. The summed E-state index contributed by atoms with van der Waals surface area (Å²) in [5.41, 5.74) is 1.03. The second-order valence-corrected chi connectivity index (χ2v) is 7.86. The lowest BCUT2D eigenvalue weighted by atomic mass is 9.79. The summed E-state index contributed by atoms with van der Waals surface area (Å²) >= 11 is 0. The van der Waals surface area contributed by atoms with E-state index >= 15 is 0 Å². The van der Waals surface area contributed by atoms with Gasteiger partial charge < -0.3 is 29.4 Å². The van der Waals surface area contributed by atoms with Gasteiger partial charge in [-0.05, 0) is 36.8 Å². The number of carbonyl (C=O) groups excluding carboxylic acids is 1. The van der Waals surface area contributed by atoms with Crippen LogP contribution in [-0.4, -0.2) is 56.9 Å². The summed E-state index contributed by atoms with van der Waals surface area (Å²) in [6.45, 7) is 8.97. The fourth-order valence-electron chi connectivity index (χ4n) is 3.67. The van der Waals surface area contributed by atoms with Gasteiger partial charge in [0.15, 0.2) is 5.76 Å². The zero-order valence-electron chi connectivity index (χ0n) is 18.9. The van der Waals surface area contributed by atoms with E-state index in [9.17, 15) is 4.79 Å². The van der Waals surface area contributed by atoms with Gasteiger partial charge >= 0.3 is 0 Å². The van der Waals surface area contributed by atoms with Crippen LogP contribution in [0.3, 0.4) is 0 Å². The van der Waals surface area contributed by atoms with Crippen molar-refractivity contribution in [1.82, 2.24) is 5.32 Å². The first-order valence-electron chi connectivity index (χ1n) is 11.1. The van der Waals surface area contributed by atoms with Crippen LogP contribution in [0.2, 0.25) is 0 Å². The highest BCUT2D eigenvalue weighted by Crippen LogP contribution is 2.36. The molecule has 1 aromatic rings. The number of aliphatic hydroxyl groups is 1. The molecule has 2 rings (SSSR count). The minimum atomic E-state index is -0.492. The molecule has 7 heteroatoms. The van der Waals surface area contributed by atoms with Crippen LogP contribution in [0.25, 0.3) is 0 Å². The van der Waals surface area contributed by atoms with Gasteiger partial charge in [0.2, 0.25) is 6.29 Å². The largest absolute Gasteiger partial charge is 0.459 e. The number of carbonyl (C=O) groups is 1. The first kappa shape index (κ1) is 25.3. The molecule has 1 aliphatic heterocycles. The van der Waals surface area contributed by atoms with Crippen LogP contribution in [0.4, 0.5) is 0 Å². The van der Waals surface area contributed by atoms with Crippen LogP contribution < -0.4 is 5.32 Å². The number of amides is 1. The Balaban J connectivity index is 1.97. The van der Waals surface area contributed by atoms with Crippen molar-refractivity contribution in [2.45, 2.75) is 40.0 Å². The van der Waals surface area contributed by atoms with Gasteiger partial charge in [0.05, 0.1) is 26.4 Å². The molecule has 0 unspecified atom stereocenters. The third-order valence-electron chi connectivity index (χ3n) is 5.25. The molecule has 1 amide bonds. The van der Waals surface area contributed by atoms with Crippen molar-refractivity contribution in [2.24, 2.45) is 17.8 Å². The lowest BCUT2D eigenvalue weighted by Gasteiger charge is -2.38. The lowest BCUT2D eigenvalue weighted by molar-refractivity contribution is -0.177. The Labute approximate surface area is 185 Å². The number of nitrogens with one attached hydrogen (secondary N) is 1. The Morgan fingerprint density at radius 3 is 2.48 bits per heavy atom. The van der Waals surface area contributed by atoms with Crippen molar-refractivity contribution in [3.05, 3.63) is 47.7 Å². The first-order chi connectivity index (χ1) is 15.1. The number of benzene rings is 1. The van der Waals surface area contributed by atoms with Crippen molar-refractivity contribution in [3.8, 4) is 0 Å². The Morgan fingerprint density at radius 2 is 1.84 bits per heavy atom. The highest BCUT2D eigenvalue weighted by molar-refractivity contribution is 5.91. The van der Waals surface area contributed by atoms with E-state index in [1.54, 1.807) is 0 Å². The fourth-order valence-corrected chi connectivity index (χ4v) is 3.67. The summed E-state index contributed by atoms with van der Waals surface area (Å²) < 4.78 is 22.8. The van der Waals surface area contributed by atoms with Crippen LogP contribution in [-0.2, 0) is 30.3 Å². The van der Waals surface area contributed by atoms with Gasteiger partial charge in [-0.25, -0.2) is 0 Å². The maximum absolute atomic E-state index is 12.8. The maximum atomic E-state index is 12.8. The highest BCUT2D eigenvalue weighted by Gasteiger charge is 2.38. The molecule has 0 fully saturated rings. The SMILES string of the molecule is CCO[C@@H]1OC(C(=O)NCc2ccccc2)=C[C@H](C(C)C)[C@H]1CCOCCOCCO. The van der Waals surface area contributed by atoms with Crippen LogP contribution in [0.15, 0.2) is 42.2 Å². The molecule has 1 heterocycles. The molecule has 0 saturated heterocycles. The second-order valence-electron chi connectivity index (χ2n) is 7.86. The highest BCUT2D eigenvalue weighted by atomic mass is 16.7. The smallest absolute Gasteiger partial charge is 0.286 e. The summed E-state index contributed by atoms with van der Waals surface area (Å²) in [7, 11) is 0. The van der Waals surface area contributed by atoms with Crippen molar-refractivity contribution in [1.29, 1.82) is 0 Å². The van der Waals surface area contributed by atoms with Gasteiger partial charge in [0.1, 0.15) is 0 Å². The molecule has 0 bridgehead atoms. The normalized spacial score (nSPS) is 20.9. The summed E-state index contributed by atoms with van der Waals surface area (Å²) in [6.07, 6.45) is 2.20. The van der Waals surface area contributed by atoms with E-state index in [2.05, 4.69) is 19.2 Å². The third kappa shape index (κ3) is 8.61. The fraction of sp³-hybridized carbons (Fsp3) is 0.625. The quantitative estimate of drug-likeness (QED) is 0.437. The zero-order chi connectivity index (χ0) is 22.5. The van der Waals surface area contributed by atoms with Gasteiger partial charge in [-0.3, -0.25) is 4.79 Å². The molecule has 0 spiro atoms. The van der Waals surface area contributed by atoms with Gasteiger partial charge in [0.25, 0.3) is 5.91 Å². The van der Waals surface area contributed by atoms with Gasteiger partial charge in [-0.15, -0.1) is 0 Å². The molecule has 3 atom stereocenters. The molecule has 31 heavy (non-hydrogen) atoms. The molecule has 2 N–H and O–H groups in total. The van der Waals surface area contributed by atoms with E-state index in [1.807, 2.05) is 43.3 Å². The zero-order valence-corrected chi connectivity index (χ0v) is 18.9. The molecule has 174 valence electrons. The topological polar surface area (TPSA) is 86.3 Å². The summed E-state index contributed by atoms with van der Waals surface area (Å²) in [5.74, 6) is 0.639. The molecule has 1 aliphatic rings. The Morgan fingerprint density at radius 1 is 1.13 bits per heavy atom. The standard InChI is InChI=1S/C24H37NO6/c1-4-30-24-20(10-12-28-14-15-29-13-11-26)21(18(2)3)16-22(31-24)23(27)25-17-19-8-6-5-7-9-19/h5-9,16,18,20-21,24,26H,4,10-15,17H2,1-3H3,(H,25,27)/t20-,21-,24-/m1/s1. The van der Waals surface area contributed by atoms with Crippen LogP contribution >= 0.6 is 0 Å². The average molecular weight is 436 g/mol. The Hall–Kier alpha value is -1.93. The first-order valence-corrected chi connectivity index (χ1v) is 11.1. The molecule has 7 nitrogen and oxygen atoms in total. The average Bonchev–Trinajstić information content (AvgIpc) is 2.78. The van der Waals surface area contributed by atoms with Crippen LogP contribution in [0, 0.1) is 17.8 Å². The van der Waals surface area contributed by atoms with E-state index in [0.29, 0.717) is 51.3 Å². The van der Waals surface area contributed by atoms with Gasteiger partial charge in [0, 0.05) is 25.7 Å². The van der Waals surface area contributed by atoms with Crippen molar-refractivity contribution < 1.29 is 28.8 Å². The Kier molecular flexibility index (Phi) is 11.6. The van der Waals surface area contributed by atoms with Gasteiger partial charge in [-0.1, -0.05) is 44.2 Å². The summed E-state index contributed by atoms with van der Waals surface area (Å²) in [5, 5.41) is 11.7. The van der Waals surface area contributed by atoms with E-state index in [1.165, 1.54) is 0 Å². The van der Waals surface area contributed by atoms with Crippen molar-refractivity contribution >= 4 is 5.91 Å². The number of ether oxygens (including phenoxy) is 4. The van der Waals surface area contributed by atoms with Crippen molar-refractivity contribution in [3.63, 3.8) is 0 Å². The monoisotopic (exact) mass is 435 g/mol. The van der Waals surface area contributed by atoms with Crippen LogP contribution in [0.1, 0.15) is 32.8 Å². The summed E-state index contributed by atoms with van der Waals surface area (Å²) in [6, 6.07) is 9.79. The third-order valence-corrected chi connectivity index (χ3v) is 5.25. The number of hydrogen-bond donors (Lipinski definition) is 2. The maximum Gasteiger partial charge on any atom is 0.286 e. The molecule has 0 saturated carbocycles. The molecule has 0 aliphatic carbocycles. The van der Waals surface area contributed by atoms with Crippen molar-refractivity contribution in [2.75, 3.05) is 39.6 Å². The predicted octanol–water partition coefficient (Wildman–Crippen LogP) is 2.88.